The molecule has 3 amide bonds. The summed E-state index contributed by atoms with van der Waals surface area (Å²) in [5, 5.41) is 2.45. The van der Waals surface area contributed by atoms with Crippen LogP contribution in [0.4, 0.5) is 4.79 Å². The summed E-state index contributed by atoms with van der Waals surface area (Å²) in [5.74, 6) is -0.142. The lowest BCUT2D eigenvalue weighted by molar-refractivity contribution is -0.125. The summed E-state index contributed by atoms with van der Waals surface area (Å²) >= 11 is 0. The smallest absolute Gasteiger partial charge is 0.324 e. The molecule has 5 nitrogen and oxygen atoms in total. The van der Waals surface area contributed by atoms with E-state index in [1.54, 1.807) is 0 Å². The molecule has 0 saturated carbocycles. The average molecular weight is 171 g/mol. The molecule has 1 heterocycles. The van der Waals surface area contributed by atoms with Gasteiger partial charge in [0.05, 0.1) is 6.54 Å². The van der Waals surface area contributed by atoms with E-state index in [-0.39, 0.29) is 18.5 Å². The molecule has 0 aromatic carbocycles. The fourth-order valence-corrected chi connectivity index (χ4v) is 1.10. The van der Waals surface area contributed by atoms with E-state index in [1.807, 2.05) is 0 Å². The van der Waals surface area contributed by atoms with Crippen molar-refractivity contribution >= 4 is 11.9 Å². The zero-order chi connectivity index (χ0) is 8.97. The van der Waals surface area contributed by atoms with E-state index in [4.69, 9.17) is 5.73 Å². The second-order valence-corrected chi connectivity index (χ2v) is 2.70. The Morgan fingerprint density at radius 1 is 1.42 bits per heavy atom. The Morgan fingerprint density at radius 2 is 2.17 bits per heavy atom. The molecule has 0 spiro atoms. The molecular weight excluding hydrogens is 158 g/mol. The third-order valence-corrected chi connectivity index (χ3v) is 1.77. The van der Waals surface area contributed by atoms with Crippen molar-refractivity contribution in [2.24, 2.45) is 5.73 Å². The molecule has 5 heteroatoms. The highest BCUT2D eigenvalue weighted by Crippen LogP contribution is 2.00. The van der Waals surface area contributed by atoms with Gasteiger partial charge in [0.1, 0.15) is 0 Å². The van der Waals surface area contributed by atoms with E-state index in [2.05, 4.69) is 5.32 Å². The summed E-state index contributed by atoms with van der Waals surface area (Å²) < 4.78 is 0. The third kappa shape index (κ3) is 1.94. The van der Waals surface area contributed by atoms with Crippen LogP contribution in [0, 0.1) is 0 Å². The molecule has 1 aliphatic rings. The lowest BCUT2D eigenvalue weighted by Crippen LogP contribution is -2.32. The largest absolute Gasteiger partial charge is 0.330 e. The number of rotatable bonds is 4. The van der Waals surface area contributed by atoms with E-state index in [0.717, 1.165) is 12.8 Å². The lowest BCUT2D eigenvalue weighted by atomic mass is 10.3. The van der Waals surface area contributed by atoms with Gasteiger partial charge in [-0.1, -0.05) is 0 Å². The average Bonchev–Trinajstić information content (AvgIpc) is 2.35. The molecule has 3 N–H and O–H groups in total. The molecule has 0 bridgehead atoms. The van der Waals surface area contributed by atoms with Gasteiger partial charge < -0.3 is 11.1 Å². The van der Waals surface area contributed by atoms with E-state index < -0.39 is 0 Å². The summed E-state index contributed by atoms with van der Waals surface area (Å²) in [4.78, 5) is 23.2. The highest BCUT2D eigenvalue weighted by atomic mass is 16.2. The first-order chi connectivity index (χ1) is 5.75. The molecular formula is C7H13N3O2. The standard InChI is InChI=1S/C7H13N3O2/c8-3-1-2-4-10-6(11)5-9-7(10)12/h1-5,8H2,(H,9,12). The number of nitrogens with one attached hydrogen (secondary N) is 1. The van der Waals surface area contributed by atoms with Crippen LogP contribution in [0.2, 0.25) is 0 Å². The Labute approximate surface area is 70.9 Å². The van der Waals surface area contributed by atoms with Crippen molar-refractivity contribution in [3.05, 3.63) is 0 Å². The number of amides is 3. The Morgan fingerprint density at radius 3 is 2.67 bits per heavy atom. The fraction of sp³-hybridized carbons (Fsp3) is 0.714. The van der Waals surface area contributed by atoms with Crippen LogP contribution in [0.15, 0.2) is 0 Å². The molecule has 1 aliphatic heterocycles. The lowest BCUT2D eigenvalue weighted by Gasteiger charge is -2.10. The minimum absolute atomic E-state index is 0.140. The van der Waals surface area contributed by atoms with Gasteiger partial charge in [-0.05, 0) is 19.4 Å². The molecule has 0 aliphatic carbocycles. The van der Waals surface area contributed by atoms with Crippen molar-refractivity contribution in [3.8, 4) is 0 Å². The summed E-state index contributed by atoms with van der Waals surface area (Å²) in [5.41, 5.74) is 5.28. The van der Waals surface area contributed by atoms with Crippen LogP contribution < -0.4 is 11.1 Å². The second-order valence-electron chi connectivity index (χ2n) is 2.70. The molecule has 1 fully saturated rings. The van der Waals surface area contributed by atoms with Gasteiger partial charge in [0.15, 0.2) is 0 Å². The number of carbonyl (C=O) groups excluding carboxylic acids is 2. The van der Waals surface area contributed by atoms with Gasteiger partial charge in [-0.15, -0.1) is 0 Å². The zero-order valence-corrected chi connectivity index (χ0v) is 6.88. The van der Waals surface area contributed by atoms with Gasteiger partial charge >= 0.3 is 6.03 Å². The molecule has 0 aromatic heterocycles. The number of hydrogen-bond acceptors (Lipinski definition) is 3. The molecule has 68 valence electrons. The second kappa shape index (κ2) is 4.06. The van der Waals surface area contributed by atoms with Crippen LogP contribution in [-0.4, -0.2) is 36.5 Å². The van der Waals surface area contributed by atoms with E-state index in [0.29, 0.717) is 13.1 Å². The van der Waals surface area contributed by atoms with Crippen LogP contribution in [-0.2, 0) is 4.79 Å². The Hall–Kier alpha value is -1.10. The van der Waals surface area contributed by atoms with Gasteiger partial charge in [-0.3, -0.25) is 9.69 Å². The van der Waals surface area contributed by atoms with Crippen LogP contribution in [0.3, 0.4) is 0 Å². The van der Waals surface area contributed by atoms with Crippen molar-refractivity contribution in [1.29, 1.82) is 0 Å². The summed E-state index contributed by atoms with van der Waals surface area (Å²) in [6.45, 7) is 1.23. The third-order valence-electron chi connectivity index (χ3n) is 1.77. The first kappa shape index (κ1) is 8.99. The zero-order valence-electron chi connectivity index (χ0n) is 6.88. The van der Waals surface area contributed by atoms with Crippen molar-refractivity contribution < 1.29 is 9.59 Å². The minimum Gasteiger partial charge on any atom is -0.330 e. The highest BCUT2D eigenvalue weighted by Gasteiger charge is 2.27. The van der Waals surface area contributed by atoms with Crippen LogP contribution in [0.25, 0.3) is 0 Å². The predicted molar refractivity (Wildman–Crippen MR) is 43.4 cm³/mol. The summed E-state index contributed by atoms with van der Waals surface area (Å²) in [7, 11) is 0. The predicted octanol–water partition coefficient (Wildman–Crippen LogP) is -0.723. The maximum atomic E-state index is 11.0. The van der Waals surface area contributed by atoms with Gasteiger partial charge in [0, 0.05) is 6.54 Å². The Kier molecular flexibility index (Phi) is 3.04. The topological polar surface area (TPSA) is 75.4 Å². The molecule has 12 heavy (non-hydrogen) atoms. The molecule has 0 radical (unpaired) electrons. The van der Waals surface area contributed by atoms with E-state index in [9.17, 15) is 9.59 Å². The number of hydrogen-bond donors (Lipinski definition) is 2. The number of imide groups is 1. The van der Waals surface area contributed by atoms with Crippen molar-refractivity contribution in [1.82, 2.24) is 10.2 Å². The first-order valence-corrected chi connectivity index (χ1v) is 4.04. The van der Waals surface area contributed by atoms with Crippen LogP contribution >= 0.6 is 0 Å². The van der Waals surface area contributed by atoms with E-state index >= 15 is 0 Å². The molecule has 0 unspecified atom stereocenters. The highest BCUT2D eigenvalue weighted by molar-refractivity contribution is 6.01. The number of urea groups is 1. The maximum absolute atomic E-state index is 11.0. The molecule has 0 atom stereocenters. The summed E-state index contributed by atoms with van der Waals surface area (Å²) in [6, 6.07) is -0.281. The monoisotopic (exact) mass is 171 g/mol. The van der Waals surface area contributed by atoms with Gasteiger partial charge in [-0.25, -0.2) is 4.79 Å². The van der Waals surface area contributed by atoms with E-state index in [1.165, 1.54) is 4.90 Å². The molecule has 1 saturated heterocycles. The van der Waals surface area contributed by atoms with Crippen molar-refractivity contribution in [3.63, 3.8) is 0 Å². The van der Waals surface area contributed by atoms with Crippen LogP contribution in [0.5, 0.6) is 0 Å². The van der Waals surface area contributed by atoms with Gasteiger partial charge in [-0.2, -0.15) is 0 Å². The number of nitrogens with zero attached hydrogens (tertiary/aromatic N) is 1. The van der Waals surface area contributed by atoms with Crippen LogP contribution in [0.1, 0.15) is 12.8 Å². The Bertz CT molecular complexity index is 177. The first-order valence-electron chi connectivity index (χ1n) is 4.04. The number of unbranched alkanes of at least 4 members (excludes halogenated alkanes) is 1. The Balaban J connectivity index is 2.30. The summed E-state index contributed by atoms with van der Waals surface area (Å²) in [6.07, 6.45) is 1.63. The molecule has 1 rings (SSSR count). The maximum Gasteiger partial charge on any atom is 0.324 e. The van der Waals surface area contributed by atoms with Gasteiger partial charge in [0.25, 0.3) is 0 Å². The molecule has 0 aromatic rings. The van der Waals surface area contributed by atoms with Crippen molar-refractivity contribution in [2.45, 2.75) is 12.8 Å². The number of carbonyl (C=O) groups is 2. The van der Waals surface area contributed by atoms with Gasteiger partial charge in [0.2, 0.25) is 5.91 Å². The SMILES string of the molecule is NCCCCN1C(=O)CNC1=O. The normalized spacial score (nSPS) is 16.9. The quantitative estimate of drug-likeness (QED) is 0.433. The van der Waals surface area contributed by atoms with Crippen molar-refractivity contribution in [2.75, 3.05) is 19.6 Å². The number of nitrogens with two attached hydrogens (primary N) is 1. The fourth-order valence-electron chi connectivity index (χ4n) is 1.10. The minimum atomic E-state index is -0.281.